The lowest BCUT2D eigenvalue weighted by Gasteiger charge is -2.18. The van der Waals surface area contributed by atoms with Crippen molar-refractivity contribution in [1.29, 1.82) is 0 Å². The van der Waals surface area contributed by atoms with Gasteiger partial charge in [0.1, 0.15) is 7.14 Å². The van der Waals surface area contributed by atoms with E-state index in [0.717, 1.165) is 5.30 Å². The zero-order chi connectivity index (χ0) is 11.5. The highest BCUT2D eigenvalue weighted by Gasteiger charge is 2.24. The number of ether oxygens (including phenoxy) is 1. The maximum Gasteiger partial charge on any atom is 0.152 e. The van der Waals surface area contributed by atoms with Gasteiger partial charge >= 0.3 is 0 Å². The molecule has 0 radical (unpaired) electrons. The second kappa shape index (κ2) is 4.71. The van der Waals surface area contributed by atoms with Crippen LogP contribution < -0.4 is 15.8 Å². The number of nitrogen functional groups attached to an aromatic ring is 1. The van der Waals surface area contributed by atoms with E-state index in [0.29, 0.717) is 23.8 Å². The summed E-state index contributed by atoms with van der Waals surface area (Å²) in [5.41, 5.74) is 6.34. The Morgan fingerprint density at radius 3 is 2.40 bits per heavy atom. The molecule has 0 fully saturated rings. The summed E-state index contributed by atoms with van der Waals surface area (Å²) in [6, 6.07) is 5.44. The van der Waals surface area contributed by atoms with Gasteiger partial charge in [-0.15, -0.1) is 0 Å². The topological polar surface area (TPSA) is 52.3 Å². The van der Waals surface area contributed by atoms with Crippen molar-refractivity contribution in [2.24, 2.45) is 0 Å². The molecule has 1 rings (SSSR count). The molecular formula is C11H18NO2P. The van der Waals surface area contributed by atoms with E-state index in [4.69, 9.17) is 10.5 Å². The van der Waals surface area contributed by atoms with Gasteiger partial charge in [0, 0.05) is 12.3 Å². The Labute approximate surface area is 91.0 Å². The molecule has 0 aliphatic heterocycles. The molecule has 0 saturated carbocycles. The summed E-state index contributed by atoms with van der Waals surface area (Å²) in [7, 11) is -0.759. The van der Waals surface area contributed by atoms with Crippen molar-refractivity contribution in [1.82, 2.24) is 0 Å². The molecule has 0 bridgehead atoms. The van der Waals surface area contributed by atoms with Crippen molar-refractivity contribution >= 4 is 18.1 Å². The molecule has 0 atom stereocenters. The van der Waals surface area contributed by atoms with Gasteiger partial charge in [-0.1, -0.05) is 19.9 Å². The van der Waals surface area contributed by atoms with Crippen LogP contribution in [-0.2, 0) is 4.57 Å². The smallest absolute Gasteiger partial charge is 0.152 e. The van der Waals surface area contributed by atoms with E-state index in [1.54, 1.807) is 13.2 Å². The first-order valence-corrected chi connectivity index (χ1v) is 7.18. The summed E-state index contributed by atoms with van der Waals surface area (Å²) in [5, 5.41) is 0.773. The minimum absolute atomic E-state index is 0.553. The Morgan fingerprint density at radius 1 is 1.33 bits per heavy atom. The van der Waals surface area contributed by atoms with Crippen molar-refractivity contribution in [2.75, 3.05) is 25.2 Å². The molecule has 15 heavy (non-hydrogen) atoms. The van der Waals surface area contributed by atoms with Gasteiger partial charge in [-0.3, -0.25) is 0 Å². The predicted octanol–water partition coefficient (Wildman–Crippen LogP) is 2.31. The van der Waals surface area contributed by atoms with E-state index in [9.17, 15) is 4.57 Å². The fourth-order valence-corrected chi connectivity index (χ4v) is 3.73. The van der Waals surface area contributed by atoms with Crippen molar-refractivity contribution in [3.63, 3.8) is 0 Å². The summed E-state index contributed by atoms with van der Waals surface area (Å²) in [4.78, 5) is 0. The Kier molecular flexibility index (Phi) is 3.81. The van der Waals surface area contributed by atoms with Gasteiger partial charge < -0.3 is 15.0 Å². The Morgan fingerprint density at radius 2 is 1.93 bits per heavy atom. The number of para-hydroxylation sites is 1. The lowest BCUT2D eigenvalue weighted by Crippen LogP contribution is -2.13. The van der Waals surface area contributed by atoms with Crippen LogP contribution in [0.4, 0.5) is 5.69 Å². The van der Waals surface area contributed by atoms with E-state index in [1.165, 1.54) is 0 Å². The highest BCUT2D eigenvalue weighted by molar-refractivity contribution is 7.71. The number of benzene rings is 1. The molecule has 0 aromatic heterocycles. The minimum atomic E-state index is -2.32. The maximum absolute atomic E-state index is 12.5. The third-order valence-corrected chi connectivity index (χ3v) is 5.96. The standard InChI is InChI=1S/C11H18NO2P/c1-4-15(13,5-2)10-8-6-7-9(12)11(10)14-3/h6-8H,4-5,12H2,1-3H3. The molecule has 84 valence electrons. The summed E-state index contributed by atoms with van der Waals surface area (Å²) < 4.78 is 17.8. The number of hydrogen-bond donors (Lipinski definition) is 1. The van der Waals surface area contributed by atoms with Crippen molar-refractivity contribution in [3.05, 3.63) is 18.2 Å². The first kappa shape index (κ1) is 12.1. The van der Waals surface area contributed by atoms with Gasteiger partial charge in [0.15, 0.2) is 5.75 Å². The van der Waals surface area contributed by atoms with Crippen LogP contribution in [0.5, 0.6) is 5.75 Å². The zero-order valence-corrected chi connectivity index (χ0v) is 10.4. The van der Waals surface area contributed by atoms with E-state index in [-0.39, 0.29) is 0 Å². The second-order valence-corrected chi connectivity index (χ2v) is 6.95. The van der Waals surface area contributed by atoms with Crippen molar-refractivity contribution in [3.8, 4) is 5.75 Å². The van der Waals surface area contributed by atoms with Gasteiger partial charge in [0.25, 0.3) is 0 Å². The molecule has 0 aliphatic rings. The van der Waals surface area contributed by atoms with Gasteiger partial charge in [-0.05, 0) is 12.1 Å². The molecule has 2 N–H and O–H groups in total. The van der Waals surface area contributed by atoms with Crippen LogP contribution >= 0.6 is 7.14 Å². The van der Waals surface area contributed by atoms with Gasteiger partial charge in [0.2, 0.25) is 0 Å². The fourth-order valence-electron chi connectivity index (χ4n) is 1.65. The number of hydrogen-bond acceptors (Lipinski definition) is 3. The minimum Gasteiger partial charge on any atom is -0.494 e. The number of nitrogens with two attached hydrogens (primary N) is 1. The highest BCUT2D eigenvalue weighted by Crippen LogP contribution is 2.47. The van der Waals surface area contributed by atoms with Gasteiger partial charge in [-0.2, -0.15) is 0 Å². The van der Waals surface area contributed by atoms with Crippen LogP contribution in [0.1, 0.15) is 13.8 Å². The summed E-state index contributed by atoms with van der Waals surface area (Å²) >= 11 is 0. The van der Waals surface area contributed by atoms with E-state index in [1.807, 2.05) is 26.0 Å². The Balaban J connectivity index is 3.36. The van der Waals surface area contributed by atoms with Crippen molar-refractivity contribution < 1.29 is 9.30 Å². The third-order valence-electron chi connectivity index (χ3n) is 2.69. The van der Waals surface area contributed by atoms with Crippen LogP contribution in [0.25, 0.3) is 0 Å². The zero-order valence-electron chi connectivity index (χ0n) is 9.49. The van der Waals surface area contributed by atoms with Crippen LogP contribution in [0.3, 0.4) is 0 Å². The Bertz CT molecular complexity index is 382. The quantitative estimate of drug-likeness (QED) is 0.634. The SMILES string of the molecule is CCP(=O)(CC)c1cccc(N)c1OC. The monoisotopic (exact) mass is 227 g/mol. The molecule has 1 aromatic rings. The normalized spacial score (nSPS) is 11.4. The highest BCUT2D eigenvalue weighted by atomic mass is 31.2. The van der Waals surface area contributed by atoms with Crippen LogP contribution in [0.2, 0.25) is 0 Å². The predicted molar refractivity (Wildman–Crippen MR) is 65.7 cm³/mol. The molecule has 4 heteroatoms. The molecular weight excluding hydrogens is 209 g/mol. The molecule has 3 nitrogen and oxygen atoms in total. The van der Waals surface area contributed by atoms with Gasteiger partial charge in [-0.25, -0.2) is 0 Å². The lowest BCUT2D eigenvalue weighted by molar-refractivity contribution is 0.420. The van der Waals surface area contributed by atoms with Crippen LogP contribution in [-0.4, -0.2) is 19.4 Å². The van der Waals surface area contributed by atoms with Crippen molar-refractivity contribution in [2.45, 2.75) is 13.8 Å². The first-order chi connectivity index (χ1) is 7.09. The summed E-state index contributed by atoms with van der Waals surface area (Å²) in [6.07, 6.45) is 1.28. The second-order valence-electron chi connectivity index (χ2n) is 3.42. The maximum atomic E-state index is 12.5. The third kappa shape index (κ3) is 2.18. The van der Waals surface area contributed by atoms with Crippen LogP contribution in [0.15, 0.2) is 18.2 Å². The van der Waals surface area contributed by atoms with E-state index >= 15 is 0 Å². The fraction of sp³-hybridized carbons (Fsp3) is 0.455. The van der Waals surface area contributed by atoms with Gasteiger partial charge in [0.05, 0.1) is 18.1 Å². The molecule has 1 aromatic carbocycles. The summed E-state index contributed by atoms with van der Waals surface area (Å²) in [5.74, 6) is 0.574. The average molecular weight is 227 g/mol. The summed E-state index contributed by atoms with van der Waals surface area (Å²) in [6.45, 7) is 3.87. The van der Waals surface area contributed by atoms with E-state index in [2.05, 4.69) is 0 Å². The first-order valence-electron chi connectivity index (χ1n) is 5.10. The molecule has 0 spiro atoms. The Hall–Kier alpha value is -0.950. The lowest BCUT2D eigenvalue weighted by atomic mass is 10.3. The molecule has 0 saturated heterocycles. The number of anilines is 1. The molecule has 0 amide bonds. The number of methoxy groups -OCH3 is 1. The molecule has 0 unspecified atom stereocenters. The molecule has 0 aliphatic carbocycles. The molecule has 0 heterocycles. The number of rotatable bonds is 4. The van der Waals surface area contributed by atoms with Crippen LogP contribution in [0, 0.1) is 0 Å². The largest absolute Gasteiger partial charge is 0.494 e. The van der Waals surface area contributed by atoms with E-state index < -0.39 is 7.14 Å². The average Bonchev–Trinajstić information content (AvgIpc) is 2.27.